The lowest BCUT2D eigenvalue weighted by molar-refractivity contribution is -0.137. The summed E-state index contributed by atoms with van der Waals surface area (Å²) in [5, 5.41) is 3.86. The average molecular weight is 394 g/mol. The van der Waals surface area contributed by atoms with E-state index in [0.29, 0.717) is 23.6 Å². The topological polar surface area (TPSA) is 29.1 Å². The molecule has 142 valence electrons. The number of nitrogens with one attached hydrogen (secondary N) is 1. The number of benzene rings is 2. The van der Waals surface area contributed by atoms with Crippen molar-refractivity contribution in [2.45, 2.75) is 42.8 Å². The van der Waals surface area contributed by atoms with Gasteiger partial charge in [0.25, 0.3) is 0 Å². The lowest BCUT2D eigenvalue weighted by atomic mass is 9.85. The highest BCUT2D eigenvalue weighted by atomic mass is 35.5. The van der Waals surface area contributed by atoms with Gasteiger partial charge < -0.3 is 5.32 Å². The first-order chi connectivity index (χ1) is 12.8. The Morgan fingerprint density at radius 1 is 1.11 bits per heavy atom. The maximum absolute atomic E-state index is 13.1. The Hall–Kier alpha value is -1.85. The Balaban J connectivity index is 1.50. The van der Waals surface area contributed by atoms with Gasteiger partial charge in [-0.1, -0.05) is 41.9 Å². The van der Waals surface area contributed by atoms with Gasteiger partial charge in [-0.2, -0.15) is 13.2 Å². The second-order valence-corrected chi connectivity index (χ2v) is 7.91. The summed E-state index contributed by atoms with van der Waals surface area (Å²) in [4.78, 5) is 13.1. The van der Waals surface area contributed by atoms with Crippen molar-refractivity contribution >= 4 is 17.4 Å². The SMILES string of the molecule is O=C(C1CC(c2cccc(C(F)(F)F)c2)CN1)C1(c2ccc(Cl)cc2)CC1. The van der Waals surface area contributed by atoms with Gasteiger partial charge >= 0.3 is 6.18 Å². The summed E-state index contributed by atoms with van der Waals surface area (Å²) >= 11 is 5.94. The highest BCUT2D eigenvalue weighted by Gasteiger charge is 2.53. The molecule has 0 aromatic heterocycles. The first-order valence-corrected chi connectivity index (χ1v) is 9.38. The smallest absolute Gasteiger partial charge is 0.307 e. The summed E-state index contributed by atoms with van der Waals surface area (Å²) in [5.74, 6) is 0.0431. The Labute approximate surface area is 160 Å². The van der Waals surface area contributed by atoms with Gasteiger partial charge in [0.2, 0.25) is 0 Å². The number of rotatable bonds is 4. The summed E-state index contributed by atoms with van der Waals surface area (Å²) in [6, 6.07) is 12.5. The third-order valence-electron chi connectivity index (χ3n) is 5.75. The minimum Gasteiger partial charge on any atom is -0.307 e. The molecule has 0 bridgehead atoms. The molecule has 27 heavy (non-hydrogen) atoms. The zero-order valence-corrected chi connectivity index (χ0v) is 15.3. The first kappa shape index (κ1) is 18.5. The van der Waals surface area contributed by atoms with E-state index in [1.54, 1.807) is 18.2 Å². The van der Waals surface area contributed by atoms with Crippen LogP contribution in [0.5, 0.6) is 0 Å². The van der Waals surface area contributed by atoms with Gasteiger partial charge in [-0.15, -0.1) is 0 Å². The molecule has 2 fully saturated rings. The lowest BCUT2D eigenvalue weighted by Crippen LogP contribution is -2.38. The van der Waals surface area contributed by atoms with E-state index in [1.807, 2.05) is 12.1 Å². The van der Waals surface area contributed by atoms with Crippen LogP contribution in [-0.4, -0.2) is 18.4 Å². The zero-order valence-electron chi connectivity index (χ0n) is 14.5. The Bertz CT molecular complexity index is 858. The number of carbonyl (C=O) groups excluding carboxylic acids is 1. The van der Waals surface area contributed by atoms with E-state index < -0.39 is 17.2 Å². The first-order valence-electron chi connectivity index (χ1n) is 9.00. The summed E-state index contributed by atoms with van der Waals surface area (Å²) in [6.45, 7) is 0.508. The van der Waals surface area contributed by atoms with Gasteiger partial charge in [0.15, 0.2) is 5.78 Å². The molecule has 1 heterocycles. The number of alkyl halides is 3. The fourth-order valence-electron chi connectivity index (χ4n) is 4.06. The van der Waals surface area contributed by atoms with Crippen LogP contribution in [0.4, 0.5) is 13.2 Å². The van der Waals surface area contributed by atoms with Crippen LogP contribution in [0.2, 0.25) is 5.02 Å². The van der Waals surface area contributed by atoms with Crippen molar-refractivity contribution in [3.05, 3.63) is 70.2 Å². The Kier molecular flexibility index (Phi) is 4.55. The third kappa shape index (κ3) is 3.50. The number of Topliss-reactive ketones (excluding diaryl/α,β-unsaturated/α-hetero) is 1. The van der Waals surface area contributed by atoms with Gasteiger partial charge in [0, 0.05) is 11.6 Å². The monoisotopic (exact) mass is 393 g/mol. The molecule has 2 aromatic rings. The van der Waals surface area contributed by atoms with Crippen LogP contribution >= 0.6 is 11.6 Å². The number of carbonyl (C=O) groups is 1. The van der Waals surface area contributed by atoms with E-state index in [4.69, 9.17) is 11.6 Å². The molecule has 2 aliphatic rings. The summed E-state index contributed by atoms with van der Waals surface area (Å²) in [5.41, 5.74) is 0.491. The predicted octanol–water partition coefficient (Wildman–Crippen LogP) is 5.11. The maximum Gasteiger partial charge on any atom is 0.416 e. The molecular formula is C21H19ClF3NO. The van der Waals surface area contributed by atoms with Gasteiger partial charge in [0.05, 0.1) is 17.0 Å². The number of ketones is 1. The molecule has 2 nitrogen and oxygen atoms in total. The molecule has 1 aliphatic carbocycles. The molecule has 0 spiro atoms. The van der Waals surface area contributed by atoms with E-state index in [9.17, 15) is 18.0 Å². The van der Waals surface area contributed by atoms with Crippen LogP contribution < -0.4 is 5.32 Å². The molecule has 2 atom stereocenters. The maximum atomic E-state index is 13.1. The molecule has 1 N–H and O–H groups in total. The Morgan fingerprint density at radius 3 is 2.44 bits per heavy atom. The average Bonchev–Trinajstić information content (AvgIpc) is 3.30. The van der Waals surface area contributed by atoms with Gasteiger partial charge in [-0.25, -0.2) is 0 Å². The van der Waals surface area contributed by atoms with Crippen LogP contribution in [-0.2, 0) is 16.4 Å². The molecule has 0 radical (unpaired) electrons. The zero-order chi connectivity index (χ0) is 19.2. The fourth-order valence-corrected chi connectivity index (χ4v) is 4.19. The van der Waals surface area contributed by atoms with Crippen LogP contribution in [0.1, 0.15) is 41.9 Å². The van der Waals surface area contributed by atoms with Crippen molar-refractivity contribution in [2.24, 2.45) is 0 Å². The van der Waals surface area contributed by atoms with E-state index in [1.165, 1.54) is 12.1 Å². The molecule has 1 saturated carbocycles. The van der Waals surface area contributed by atoms with Crippen LogP contribution in [0, 0.1) is 0 Å². The molecule has 2 unspecified atom stereocenters. The molecule has 1 saturated heterocycles. The van der Waals surface area contributed by atoms with Crippen molar-refractivity contribution in [1.82, 2.24) is 5.32 Å². The van der Waals surface area contributed by atoms with Gasteiger partial charge in [-0.3, -0.25) is 4.79 Å². The van der Waals surface area contributed by atoms with Crippen molar-refractivity contribution in [3.63, 3.8) is 0 Å². The largest absolute Gasteiger partial charge is 0.416 e. The second kappa shape index (κ2) is 6.64. The quantitative estimate of drug-likeness (QED) is 0.782. The summed E-state index contributed by atoms with van der Waals surface area (Å²) in [7, 11) is 0. The lowest BCUT2D eigenvalue weighted by Gasteiger charge is -2.19. The van der Waals surface area contributed by atoms with Gasteiger partial charge in [-0.05, 0) is 54.5 Å². The summed E-state index contributed by atoms with van der Waals surface area (Å²) < 4.78 is 38.9. The molecule has 6 heteroatoms. The highest BCUT2D eigenvalue weighted by molar-refractivity contribution is 6.30. The van der Waals surface area contributed by atoms with E-state index >= 15 is 0 Å². The van der Waals surface area contributed by atoms with Crippen molar-refractivity contribution in [3.8, 4) is 0 Å². The standard InChI is InChI=1S/C21H19ClF3NO/c22-17-6-4-15(5-7-17)20(8-9-20)19(27)18-11-14(12-26-18)13-2-1-3-16(10-13)21(23,24)25/h1-7,10,14,18,26H,8-9,11-12H2. The molecule has 0 amide bonds. The van der Waals surface area contributed by atoms with Gasteiger partial charge in [0.1, 0.15) is 0 Å². The van der Waals surface area contributed by atoms with Crippen LogP contribution in [0.25, 0.3) is 0 Å². The number of hydrogen-bond donors (Lipinski definition) is 1. The van der Waals surface area contributed by atoms with Crippen molar-refractivity contribution in [2.75, 3.05) is 6.54 Å². The predicted molar refractivity (Wildman–Crippen MR) is 98.0 cm³/mol. The normalized spacial score (nSPS) is 24.0. The minimum absolute atomic E-state index is 0.0951. The highest BCUT2D eigenvalue weighted by Crippen LogP contribution is 2.51. The van der Waals surface area contributed by atoms with E-state index in [0.717, 1.165) is 24.5 Å². The fraction of sp³-hybridized carbons (Fsp3) is 0.381. The minimum atomic E-state index is -4.36. The molecule has 1 aliphatic heterocycles. The van der Waals surface area contributed by atoms with Crippen molar-refractivity contribution < 1.29 is 18.0 Å². The Morgan fingerprint density at radius 2 is 1.81 bits per heavy atom. The second-order valence-electron chi connectivity index (χ2n) is 7.47. The van der Waals surface area contributed by atoms with E-state index in [-0.39, 0.29) is 17.7 Å². The van der Waals surface area contributed by atoms with Crippen LogP contribution in [0.3, 0.4) is 0 Å². The van der Waals surface area contributed by atoms with Crippen molar-refractivity contribution in [1.29, 1.82) is 0 Å². The van der Waals surface area contributed by atoms with E-state index in [2.05, 4.69) is 5.32 Å². The third-order valence-corrected chi connectivity index (χ3v) is 6.00. The number of hydrogen-bond acceptors (Lipinski definition) is 2. The number of halogens is 4. The molecule has 2 aromatic carbocycles. The molecular weight excluding hydrogens is 375 g/mol. The summed E-state index contributed by atoms with van der Waals surface area (Å²) in [6.07, 6.45) is -2.22. The molecule has 4 rings (SSSR count). The van der Waals surface area contributed by atoms with Crippen LogP contribution in [0.15, 0.2) is 48.5 Å².